The molecule has 3 rings (SSSR count). The molecule has 0 bridgehead atoms. The maximum atomic E-state index is 12.5. The zero-order valence-corrected chi connectivity index (χ0v) is 14.1. The van der Waals surface area contributed by atoms with E-state index < -0.39 is 0 Å². The van der Waals surface area contributed by atoms with Crippen LogP contribution in [0.3, 0.4) is 0 Å². The zero-order chi connectivity index (χ0) is 16.2. The van der Waals surface area contributed by atoms with Gasteiger partial charge in [-0.05, 0) is 37.5 Å². The highest BCUT2D eigenvalue weighted by Crippen LogP contribution is 2.32. The van der Waals surface area contributed by atoms with Crippen molar-refractivity contribution >= 4 is 23.0 Å². The van der Waals surface area contributed by atoms with Crippen LogP contribution < -0.4 is 0 Å². The summed E-state index contributed by atoms with van der Waals surface area (Å²) < 4.78 is 0. The van der Waals surface area contributed by atoms with Gasteiger partial charge in [0.15, 0.2) is 5.78 Å². The van der Waals surface area contributed by atoms with Crippen LogP contribution in [0, 0.1) is 6.92 Å². The van der Waals surface area contributed by atoms with E-state index in [1.54, 1.807) is 0 Å². The predicted molar refractivity (Wildman–Crippen MR) is 92.8 cm³/mol. The minimum absolute atomic E-state index is 0.0758. The molecular weight excluding hydrogens is 306 g/mol. The van der Waals surface area contributed by atoms with Crippen molar-refractivity contribution in [3.05, 3.63) is 57.8 Å². The molecule has 2 aromatic rings. The Morgan fingerprint density at radius 2 is 1.91 bits per heavy atom. The van der Waals surface area contributed by atoms with Crippen molar-refractivity contribution in [1.82, 2.24) is 4.90 Å². The van der Waals surface area contributed by atoms with Crippen molar-refractivity contribution < 1.29 is 9.59 Å². The van der Waals surface area contributed by atoms with Gasteiger partial charge in [-0.15, -0.1) is 11.3 Å². The maximum Gasteiger partial charge on any atom is 0.223 e. The Hall–Kier alpha value is -1.94. The third-order valence-electron chi connectivity index (χ3n) is 4.34. The van der Waals surface area contributed by atoms with Gasteiger partial charge in [-0.25, -0.2) is 0 Å². The fourth-order valence-corrected chi connectivity index (χ4v) is 3.99. The van der Waals surface area contributed by atoms with Gasteiger partial charge in [0.25, 0.3) is 0 Å². The smallest absolute Gasteiger partial charge is 0.223 e. The summed E-state index contributed by atoms with van der Waals surface area (Å²) in [4.78, 5) is 28.6. The molecule has 120 valence electrons. The zero-order valence-electron chi connectivity index (χ0n) is 13.3. The first kappa shape index (κ1) is 15.9. The topological polar surface area (TPSA) is 37.4 Å². The molecule has 1 aliphatic heterocycles. The number of ketones is 1. The van der Waals surface area contributed by atoms with Crippen LogP contribution in [-0.4, -0.2) is 23.1 Å². The number of carbonyl (C=O) groups is 2. The number of amides is 1. The van der Waals surface area contributed by atoms with E-state index in [1.165, 1.54) is 16.9 Å². The number of aryl methyl sites for hydroxylation is 1. The van der Waals surface area contributed by atoms with E-state index in [4.69, 9.17) is 0 Å². The number of hydrogen-bond acceptors (Lipinski definition) is 3. The average molecular weight is 327 g/mol. The lowest BCUT2D eigenvalue weighted by Crippen LogP contribution is -2.30. The molecule has 4 heteroatoms. The van der Waals surface area contributed by atoms with Crippen LogP contribution in [0.5, 0.6) is 0 Å². The van der Waals surface area contributed by atoms with Crippen LogP contribution in [0.1, 0.15) is 51.8 Å². The SMILES string of the molecule is Cc1ccc(C(=O)CCC(=O)N2CCCC2c2ccccc2)s1. The standard InChI is InChI=1S/C19H21NO2S/c1-14-9-11-18(23-14)17(21)10-12-19(22)20-13-5-8-16(20)15-6-3-2-4-7-15/h2-4,6-7,9,11,16H,5,8,10,12-13H2,1H3. The Kier molecular flexibility index (Phi) is 4.91. The fourth-order valence-electron chi connectivity index (χ4n) is 3.16. The molecule has 0 saturated carbocycles. The van der Waals surface area contributed by atoms with Crippen molar-refractivity contribution in [3.8, 4) is 0 Å². The lowest BCUT2D eigenvalue weighted by Gasteiger charge is -2.25. The number of Topliss-reactive ketones (excluding diaryl/α,β-unsaturated/α-hetero) is 1. The van der Waals surface area contributed by atoms with Gasteiger partial charge in [-0.2, -0.15) is 0 Å². The summed E-state index contributed by atoms with van der Waals surface area (Å²) in [6.07, 6.45) is 2.65. The second kappa shape index (κ2) is 7.09. The Bertz CT molecular complexity index is 692. The number of hydrogen-bond donors (Lipinski definition) is 0. The summed E-state index contributed by atoms with van der Waals surface area (Å²) >= 11 is 1.50. The molecule has 2 heterocycles. The largest absolute Gasteiger partial charge is 0.336 e. The van der Waals surface area contributed by atoms with Crippen LogP contribution in [0.15, 0.2) is 42.5 Å². The molecule has 23 heavy (non-hydrogen) atoms. The molecule has 1 aromatic heterocycles. The Morgan fingerprint density at radius 1 is 1.13 bits per heavy atom. The van der Waals surface area contributed by atoms with Gasteiger partial charge in [-0.1, -0.05) is 30.3 Å². The summed E-state index contributed by atoms with van der Waals surface area (Å²) in [5, 5.41) is 0. The minimum Gasteiger partial charge on any atom is -0.336 e. The summed E-state index contributed by atoms with van der Waals surface area (Å²) in [5.41, 5.74) is 1.19. The van der Waals surface area contributed by atoms with Crippen molar-refractivity contribution in [2.45, 2.75) is 38.6 Å². The first-order valence-corrected chi connectivity index (χ1v) is 8.91. The van der Waals surface area contributed by atoms with Gasteiger partial charge in [0.1, 0.15) is 0 Å². The van der Waals surface area contributed by atoms with E-state index in [9.17, 15) is 9.59 Å². The quantitative estimate of drug-likeness (QED) is 0.764. The molecule has 0 aliphatic carbocycles. The highest BCUT2D eigenvalue weighted by atomic mass is 32.1. The molecule has 1 saturated heterocycles. The van der Waals surface area contributed by atoms with E-state index in [0.717, 1.165) is 29.1 Å². The molecule has 1 amide bonds. The predicted octanol–water partition coefficient (Wildman–Crippen LogP) is 4.38. The van der Waals surface area contributed by atoms with Gasteiger partial charge in [-0.3, -0.25) is 9.59 Å². The first-order chi connectivity index (χ1) is 11.1. The minimum atomic E-state index is 0.0758. The molecule has 1 aromatic carbocycles. The number of rotatable bonds is 5. The highest BCUT2D eigenvalue weighted by Gasteiger charge is 2.29. The molecule has 1 aliphatic rings. The number of thiophene rings is 1. The number of benzene rings is 1. The van der Waals surface area contributed by atoms with E-state index >= 15 is 0 Å². The average Bonchev–Trinajstić information content (AvgIpc) is 3.22. The Balaban J connectivity index is 1.60. The van der Waals surface area contributed by atoms with Gasteiger partial charge in [0.2, 0.25) is 5.91 Å². The van der Waals surface area contributed by atoms with Crippen molar-refractivity contribution in [2.24, 2.45) is 0 Å². The second-order valence-corrected chi connectivity index (χ2v) is 7.28. The molecule has 1 unspecified atom stereocenters. The van der Waals surface area contributed by atoms with Gasteiger partial charge < -0.3 is 4.90 Å². The highest BCUT2D eigenvalue weighted by molar-refractivity contribution is 7.14. The van der Waals surface area contributed by atoms with Gasteiger partial charge >= 0.3 is 0 Å². The van der Waals surface area contributed by atoms with Crippen LogP contribution in [-0.2, 0) is 4.79 Å². The van der Waals surface area contributed by atoms with Crippen LogP contribution in [0.25, 0.3) is 0 Å². The summed E-state index contributed by atoms with van der Waals surface area (Å²) in [5.74, 6) is 0.171. The summed E-state index contributed by atoms with van der Waals surface area (Å²) in [7, 11) is 0. The second-order valence-electron chi connectivity index (χ2n) is 5.99. The van der Waals surface area contributed by atoms with E-state index in [0.29, 0.717) is 12.8 Å². The lowest BCUT2D eigenvalue weighted by atomic mass is 10.0. The van der Waals surface area contributed by atoms with Crippen LogP contribution in [0.4, 0.5) is 0 Å². The van der Waals surface area contributed by atoms with Gasteiger partial charge in [0.05, 0.1) is 10.9 Å². The molecule has 3 nitrogen and oxygen atoms in total. The molecule has 0 spiro atoms. The number of carbonyl (C=O) groups excluding carboxylic acids is 2. The maximum absolute atomic E-state index is 12.5. The Morgan fingerprint density at radius 3 is 2.61 bits per heavy atom. The third-order valence-corrected chi connectivity index (χ3v) is 5.38. The fraction of sp³-hybridized carbons (Fsp3) is 0.368. The molecule has 0 N–H and O–H groups in total. The lowest BCUT2D eigenvalue weighted by molar-refractivity contribution is -0.132. The van der Waals surface area contributed by atoms with Crippen LogP contribution in [0.2, 0.25) is 0 Å². The molecule has 1 atom stereocenters. The van der Waals surface area contributed by atoms with Gasteiger partial charge in [0, 0.05) is 24.3 Å². The number of likely N-dealkylation sites (tertiary alicyclic amines) is 1. The molecule has 0 radical (unpaired) electrons. The molecular formula is C19H21NO2S. The van der Waals surface area contributed by atoms with Crippen molar-refractivity contribution in [3.63, 3.8) is 0 Å². The van der Waals surface area contributed by atoms with Crippen molar-refractivity contribution in [2.75, 3.05) is 6.54 Å². The van der Waals surface area contributed by atoms with Crippen molar-refractivity contribution in [1.29, 1.82) is 0 Å². The number of nitrogens with zero attached hydrogens (tertiary/aromatic N) is 1. The normalized spacial score (nSPS) is 17.4. The van der Waals surface area contributed by atoms with E-state index in [2.05, 4.69) is 12.1 Å². The summed E-state index contributed by atoms with van der Waals surface area (Å²) in [6.45, 7) is 2.78. The van der Waals surface area contributed by atoms with E-state index in [1.807, 2.05) is 42.2 Å². The summed E-state index contributed by atoms with van der Waals surface area (Å²) in [6, 6.07) is 14.2. The molecule has 1 fully saturated rings. The van der Waals surface area contributed by atoms with Crippen LogP contribution >= 0.6 is 11.3 Å². The Labute approximate surface area is 140 Å². The van der Waals surface area contributed by atoms with E-state index in [-0.39, 0.29) is 17.7 Å². The monoisotopic (exact) mass is 327 g/mol. The third kappa shape index (κ3) is 3.70. The first-order valence-electron chi connectivity index (χ1n) is 8.09.